The van der Waals surface area contributed by atoms with Gasteiger partial charge in [0, 0.05) is 42.4 Å². The first-order valence-corrected chi connectivity index (χ1v) is 16.0. The molecule has 0 radical (unpaired) electrons. The van der Waals surface area contributed by atoms with Crippen LogP contribution in [0.2, 0.25) is 5.02 Å². The molecule has 2 atom stereocenters. The van der Waals surface area contributed by atoms with E-state index in [1.54, 1.807) is 24.0 Å². The predicted octanol–water partition coefficient (Wildman–Crippen LogP) is 7.22. The summed E-state index contributed by atoms with van der Waals surface area (Å²) in [7, 11) is 1.76. The van der Waals surface area contributed by atoms with Gasteiger partial charge in [-0.15, -0.1) is 5.10 Å². The Morgan fingerprint density at radius 1 is 1.13 bits per heavy atom. The van der Waals surface area contributed by atoms with Crippen molar-refractivity contribution in [1.29, 1.82) is 5.26 Å². The van der Waals surface area contributed by atoms with Crippen LogP contribution in [-0.4, -0.2) is 31.1 Å². The molecule has 0 saturated heterocycles. The highest BCUT2D eigenvalue weighted by molar-refractivity contribution is 6.35. The molecule has 1 unspecified atom stereocenters. The Balaban J connectivity index is 1.35. The van der Waals surface area contributed by atoms with E-state index in [1.807, 2.05) is 36.4 Å². The topological polar surface area (TPSA) is 113 Å². The van der Waals surface area contributed by atoms with Crippen LogP contribution in [0.4, 0.5) is 11.4 Å². The highest BCUT2D eigenvalue weighted by Crippen LogP contribution is 2.51. The molecule has 10 heteroatoms. The van der Waals surface area contributed by atoms with Gasteiger partial charge in [-0.3, -0.25) is 9.78 Å². The van der Waals surface area contributed by atoms with Gasteiger partial charge in [0.2, 0.25) is 0 Å². The third kappa shape index (κ3) is 5.42. The van der Waals surface area contributed by atoms with Crippen molar-refractivity contribution in [3.8, 4) is 6.07 Å². The molecule has 5 aromatic rings. The van der Waals surface area contributed by atoms with Crippen LogP contribution in [0.15, 0.2) is 59.8 Å². The molecule has 2 aromatic carbocycles. The Morgan fingerprint density at radius 2 is 1.96 bits per heavy atom. The number of pyridine rings is 2. The number of benzene rings is 2. The summed E-state index contributed by atoms with van der Waals surface area (Å²) in [6, 6.07) is 13.8. The maximum Gasteiger partial charge on any atom is 0.258 e. The van der Waals surface area contributed by atoms with Gasteiger partial charge in [-0.25, -0.2) is 4.68 Å². The van der Waals surface area contributed by atoms with E-state index in [0.717, 1.165) is 40.1 Å². The standard InChI is InChI=1S/C35H37ClN8O/c1-35(2,3)19-39-31-22(16-37)17-38-32-27(31)14-23(15-28(32)36)40-33(25-6-5-7-26-24(25)10-11-43(4)34(26)45)29-18-44(42-41-29)30-9-8-20-12-21(30)13-20/h5-7,10-11,14-15,17-18,20-21,30,33,40H,8-9,12-13,19H2,1-4H3,(H,38,39)/t20?,21?,30?,33-/m0/s1. The molecule has 0 amide bonds. The molecule has 0 aliphatic heterocycles. The summed E-state index contributed by atoms with van der Waals surface area (Å²) in [6.45, 7) is 7.08. The highest BCUT2D eigenvalue weighted by atomic mass is 35.5. The molecule has 230 valence electrons. The van der Waals surface area contributed by atoms with Gasteiger partial charge in [-0.2, -0.15) is 5.26 Å². The summed E-state index contributed by atoms with van der Waals surface area (Å²) >= 11 is 6.87. The fourth-order valence-electron chi connectivity index (χ4n) is 7.01. The Bertz CT molecular complexity index is 2030. The summed E-state index contributed by atoms with van der Waals surface area (Å²) in [5.74, 6) is 1.53. The minimum absolute atomic E-state index is 0.0109. The fraction of sp³-hybridized carbons (Fsp3) is 0.400. The van der Waals surface area contributed by atoms with Crippen LogP contribution in [0.3, 0.4) is 0 Å². The number of aromatic nitrogens is 5. The molecule has 45 heavy (non-hydrogen) atoms. The van der Waals surface area contributed by atoms with Crippen molar-refractivity contribution in [2.75, 3.05) is 17.2 Å². The molecule has 3 saturated carbocycles. The minimum atomic E-state index is -0.432. The van der Waals surface area contributed by atoms with Gasteiger partial charge in [0.1, 0.15) is 11.8 Å². The summed E-state index contributed by atoms with van der Waals surface area (Å²) in [5, 5.41) is 29.2. The van der Waals surface area contributed by atoms with Crippen molar-refractivity contribution in [2.24, 2.45) is 24.3 Å². The fourth-order valence-corrected chi connectivity index (χ4v) is 7.28. The maximum atomic E-state index is 13.1. The van der Waals surface area contributed by atoms with Crippen LogP contribution >= 0.6 is 11.6 Å². The number of halogens is 1. The largest absolute Gasteiger partial charge is 0.383 e. The summed E-state index contributed by atoms with van der Waals surface area (Å²) < 4.78 is 3.65. The summed E-state index contributed by atoms with van der Waals surface area (Å²) in [4.78, 5) is 17.7. The average molecular weight is 621 g/mol. The molecule has 3 aromatic heterocycles. The van der Waals surface area contributed by atoms with E-state index in [9.17, 15) is 10.1 Å². The smallest absolute Gasteiger partial charge is 0.258 e. The second-order valence-corrected chi connectivity index (χ2v) is 14.3. The lowest BCUT2D eigenvalue weighted by atomic mass is 9.63. The zero-order valence-electron chi connectivity index (χ0n) is 26.0. The molecule has 3 heterocycles. The third-order valence-electron chi connectivity index (χ3n) is 9.47. The first-order chi connectivity index (χ1) is 21.6. The van der Waals surface area contributed by atoms with Crippen LogP contribution in [0.5, 0.6) is 0 Å². The molecule has 2 N–H and O–H groups in total. The molecular formula is C35H37ClN8O. The lowest BCUT2D eigenvalue weighted by Crippen LogP contribution is -2.37. The quantitative estimate of drug-likeness (QED) is 0.197. The summed E-state index contributed by atoms with van der Waals surface area (Å²) in [6.07, 6.45) is 10.3. The molecule has 2 bridgehead atoms. The van der Waals surface area contributed by atoms with Crippen LogP contribution in [0, 0.1) is 28.6 Å². The van der Waals surface area contributed by atoms with E-state index in [-0.39, 0.29) is 11.0 Å². The zero-order chi connectivity index (χ0) is 31.5. The van der Waals surface area contributed by atoms with Crippen molar-refractivity contribution in [1.82, 2.24) is 24.5 Å². The molecule has 3 aliphatic carbocycles. The number of hydrogen-bond acceptors (Lipinski definition) is 7. The van der Waals surface area contributed by atoms with Gasteiger partial charge < -0.3 is 15.2 Å². The molecule has 3 aliphatic rings. The first-order valence-electron chi connectivity index (χ1n) is 15.6. The molecular weight excluding hydrogens is 584 g/mol. The third-order valence-corrected chi connectivity index (χ3v) is 9.76. The first kappa shape index (κ1) is 29.3. The Kier molecular flexibility index (Phi) is 7.28. The Labute approximate surface area is 267 Å². The van der Waals surface area contributed by atoms with Crippen molar-refractivity contribution < 1.29 is 0 Å². The zero-order valence-corrected chi connectivity index (χ0v) is 26.8. The Morgan fingerprint density at radius 3 is 2.69 bits per heavy atom. The van der Waals surface area contributed by atoms with Crippen molar-refractivity contribution in [2.45, 2.75) is 58.5 Å². The van der Waals surface area contributed by atoms with Crippen molar-refractivity contribution in [3.63, 3.8) is 0 Å². The second kappa shape index (κ2) is 11.2. The highest BCUT2D eigenvalue weighted by Gasteiger charge is 2.41. The number of nitrogens with zero attached hydrogens (tertiary/aromatic N) is 6. The number of aryl methyl sites for hydroxylation is 1. The molecule has 3 fully saturated rings. The van der Waals surface area contributed by atoms with E-state index in [1.165, 1.54) is 19.3 Å². The molecule has 0 spiro atoms. The number of fused-ring (bicyclic) bond motifs is 4. The van der Waals surface area contributed by atoms with Gasteiger partial charge in [0.25, 0.3) is 5.56 Å². The van der Waals surface area contributed by atoms with Gasteiger partial charge in [-0.05, 0) is 78.1 Å². The maximum absolute atomic E-state index is 13.1. The molecule has 9 nitrogen and oxygen atoms in total. The second-order valence-electron chi connectivity index (χ2n) is 13.9. The summed E-state index contributed by atoms with van der Waals surface area (Å²) in [5.41, 5.74) is 4.12. The SMILES string of the molecule is Cn1ccc2c([C@H](Nc3cc(Cl)c4ncc(C#N)c(NCC(C)(C)C)c4c3)c3cn(C4CCC5CC4C5)nn3)cccc2c1=O. The number of hydrogen-bond donors (Lipinski definition) is 2. The van der Waals surface area contributed by atoms with Gasteiger partial charge in [0.15, 0.2) is 0 Å². The van der Waals surface area contributed by atoms with Gasteiger partial charge in [-0.1, -0.05) is 49.7 Å². The number of nitrogens with one attached hydrogen (secondary N) is 2. The van der Waals surface area contributed by atoms with Crippen LogP contribution in [-0.2, 0) is 7.05 Å². The van der Waals surface area contributed by atoms with Crippen molar-refractivity contribution in [3.05, 3.63) is 87.2 Å². The van der Waals surface area contributed by atoms with E-state index in [0.29, 0.717) is 45.7 Å². The van der Waals surface area contributed by atoms with Crippen LogP contribution in [0.25, 0.3) is 21.7 Å². The van der Waals surface area contributed by atoms with E-state index in [2.05, 4.69) is 58.6 Å². The van der Waals surface area contributed by atoms with E-state index >= 15 is 0 Å². The number of nitriles is 1. The van der Waals surface area contributed by atoms with Gasteiger partial charge in [0.05, 0.1) is 40.1 Å². The lowest BCUT2D eigenvalue weighted by Gasteiger charge is -2.46. The monoisotopic (exact) mass is 620 g/mol. The van der Waals surface area contributed by atoms with Crippen LogP contribution < -0.4 is 16.2 Å². The Hall–Kier alpha value is -4.42. The normalized spacial score (nSPS) is 20.0. The van der Waals surface area contributed by atoms with E-state index < -0.39 is 6.04 Å². The van der Waals surface area contributed by atoms with Crippen LogP contribution in [0.1, 0.15) is 75.4 Å². The number of anilines is 2. The average Bonchev–Trinajstić information content (AvgIpc) is 3.50. The van der Waals surface area contributed by atoms with E-state index in [4.69, 9.17) is 16.7 Å². The minimum Gasteiger partial charge on any atom is -0.383 e. The molecule has 8 rings (SSSR count). The van der Waals surface area contributed by atoms with Gasteiger partial charge >= 0.3 is 0 Å². The lowest BCUT2D eigenvalue weighted by molar-refractivity contribution is 0.0492. The predicted molar refractivity (Wildman–Crippen MR) is 179 cm³/mol. The number of rotatable bonds is 7. The van der Waals surface area contributed by atoms with Crippen molar-refractivity contribution >= 4 is 44.7 Å².